The number of carbonyl (C=O) groups is 1. The zero-order valence-electron chi connectivity index (χ0n) is 11.5. The molecule has 0 saturated heterocycles. The second-order valence-electron chi connectivity index (χ2n) is 5.40. The zero-order valence-corrected chi connectivity index (χ0v) is 13.0. The van der Waals surface area contributed by atoms with Crippen molar-refractivity contribution in [1.29, 1.82) is 0 Å². The molecule has 0 bridgehead atoms. The normalized spacial score (nSPS) is 15.4. The molecule has 0 atom stereocenters. The van der Waals surface area contributed by atoms with Gasteiger partial charge in [-0.25, -0.2) is 4.39 Å². The van der Waals surface area contributed by atoms with Gasteiger partial charge in [-0.15, -0.1) is 0 Å². The maximum atomic E-state index is 13.0. The smallest absolute Gasteiger partial charge is 0.235 e. The van der Waals surface area contributed by atoms with Crippen LogP contribution in [0.15, 0.2) is 36.4 Å². The summed E-state index contributed by atoms with van der Waals surface area (Å²) in [5.41, 5.74) is 6.64. The summed E-state index contributed by atoms with van der Waals surface area (Å²) < 4.78 is 13.0. The summed E-state index contributed by atoms with van der Waals surface area (Å²) in [5, 5.41) is 3.38. The second-order valence-corrected chi connectivity index (χ2v) is 6.21. The molecular weight excluding hydrogens is 326 g/mol. The first-order chi connectivity index (χ1) is 10.4. The first-order valence-electron chi connectivity index (χ1n) is 6.74. The number of nitrogens with one attached hydrogen (secondary N) is 1. The van der Waals surface area contributed by atoms with Crippen molar-refractivity contribution in [2.45, 2.75) is 18.3 Å². The molecule has 1 aliphatic carbocycles. The van der Waals surface area contributed by atoms with Crippen LogP contribution in [0.5, 0.6) is 0 Å². The summed E-state index contributed by atoms with van der Waals surface area (Å²) in [4.78, 5) is 12.6. The van der Waals surface area contributed by atoms with Crippen molar-refractivity contribution >= 4 is 40.5 Å². The Kier molecular flexibility index (Phi) is 3.75. The number of halogens is 3. The number of benzene rings is 2. The zero-order chi connectivity index (χ0) is 15.9. The van der Waals surface area contributed by atoms with Gasteiger partial charge in [-0.1, -0.05) is 35.3 Å². The van der Waals surface area contributed by atoms with Crippen LogP contribution in [0.4, 0.5) is 15.8 Å². The molecule has 0 spiro atoms. The van der Waals surface area contributed by atoms with Crippen molar-refractivity contribution in [2.75, 3.05) is 11.1 Å². The van der Waals surface area contributed by atoms with Crippen molar-refractivity contribution in [3.8, 4) is 0 Å². The number of amides is 1. The Balaban J connectivity index is 1.84. The van der Waals surface area contributed by atoms with Gasteiger partial charge in [0.05, 0.1) is 21.1 Å². The first-order valence-corrected chi connectivity index (χ1v) is 7.50. The van der Waals surface area contributed by atoms with E-state index in [0.717, 1.165) is 18.4 Å². The molecular formula is C16H13Cl2FN2O. The molecule has 3 nitrogen and oxygen atoms in total. The van der Waals surface area contributed by atoms with Crippen molar-refractivity contribution in [1.82, 2.24) is 0 Å². The molecule has 0 radical (unpaired) electrons. The van der Waals surface area contributed by atoms with Crippen LogP contribution in [-0.2, 0) is 10.2 Å². The lowest BCUT2D eigenvalue weighted by Crippen LogP contribution is -2.27. The lowest BCUT2D eigenvalue weighted by atomic mass is 9.95. The first kappa shape index (κ1) is 15.1. The average Bonchev–Trinajstić information content (AvgIpc) is 3.27. The summed E-state index contributed by atoms with van der Waals surface area (Å²) >= 11 is 11.9. The molecule has 0 heterocycles. The molecule has 0 aliphatic heterocycles. The fourth-order valence-electron chi connectivity index (χ4n) is 2.45. The molecule has 0 unspecified atom stereocenters. The van der Waals surface area contributed by atoms with Crippen LogP contribution in [-0.4, -0.2) is 5.91 Å². The van der Waals surface area contributed by atoms with Crippen LogP contribution in [0, 0.1) is 5.82 Å². The topological polar surface area (TPSA) is 55.1 Å². The Morgan fingerprint density at radius 1 is 1.14 bits per heavy atom. The van der Waals surface area contributed by atoms with Gasteiger partial charge in [-0.05, 0) is 42.7 Å². The third-order valence-electron chi connectivity index (χ3n) is 3.92. The van der Waals surface area contributed by atoms with Crippen LogP contribution in [0.1, 0.15) is 18.4 Å². The average molecular weight is 339 g/mol. The Hall–Kier alpha value is -1.78. The van der Waals surface area contributed by atoms with Gasteiger partial charge >= 0.3 is 0 Å². The summed E-state index contributed by atoms with van der Waals surface area (Å²) in [5.74, 6) is -0.479. The van der Waals surface area contributed by atoms with E-state index in [9.17, 15) is 9.18 Å². The van der Waals surface area contributed by atoms with Crippen molar-refractivity contribution in [2.24, 2.45) is 0 Å². The number of hydrogen-bond acceptors (Lipinski definition) is 2. The highest BCUT2D eigenvalue weighted by Gasteiger charge is 2.51. The van der Waals surface area contributed by atoms with Crippen LogP contribution in [0.25, 0.3) is 0 Å². The third-order valence-corrected chi connectivity index (χ3v) is 4.54. The van der Waals surface area contributed by atoms with Crippen LogP contribution in [0.3, 0.4) is 0 Å². The van der Waals surface area contributed by atoms with Gasteiger partial charge in [-0.3, -0.25) is 4.79 Å². The Bertz CT molecular complexity index is 719. The van der Waals surface area contributed by atoms with E-state index in [1.807, 2.05) is 0 Å². The van der Waals surface area contributed by atoms with Gasteiger partial charge in [0.1, 0.15) is 5.82 Å². The lowest BCUT2D eigenvalue weighted by molar-refractivity contribution is -0.118. The molecule has 22 heavy (non-hydrogen) atoms. The van der Waals surface area contributed by atoms with E-state index in [1.165, 1.54) is 12.1 Å². The minimum atomic E-state index is -0.603. The number of anilines is 2. The number of rotatable bonds is 3. The molecule has 1 fully saturated rings. The van der Waals surface area contributed by atoms with Crippen LogP contribution < -0.4 is 11.1 Å². The predicted octanol–water partition coefficient (Wildman–Crippen LogP) is 4.39. The SMILES string of the molecule is Nc1c(Cl)cc(NC(=O)C2(c3ccc(F)cc3)CC2)cc1Cl. The maximum Gasteiger partial charge on any atom is 0.235 e. The highest BCUT2D eigenvalue weighted by Crippen LogP contribution is 2.49. The van der Waals surface area contributed by atoms with Gasteiger partial charge in [0.15, 0.2) is 0 Å². The number of nitrogens with two attached hydrogens (primary N) is 1. The van der Waals surface area contributed by atoms with Gasteiger partial charge in [0.25, 0.3) is 0 Å². The molecule has 1 saturated carbocycles. The lowest BCUT2D eigenvalue weighted by Gasteiger charge is -2.16. The van der Waals surface area contributed by atoms with Gasteiger partial charge < -0.3 is 11.1 Å². The van der Waals surface area contributed by atoms with Gasteiger partial charge in [-0.2, -0.15) is 0 Å². The Morgan fingerprint density at radius 2 is 1.68 bits per heavy atom. The number of nitrogen functional groups attached to an aromatic ring is 1. The summed E-state index contributed by atoms with van der Waals surface area (Å²) in [7, 11) is 0. The van der Waals surface area contributed by atoms with E-state index in [2.05, 4.69) is 5.32 Å². The van der Waals surface area contributed by atoms with Crippen LogP contribution in [0.2, 0.25) is 10.0 Å². The Morgan fingerprint density at radius 3 is 2.18 bits per heavy atom. The quantitative estimate of drug-likeness (QED) is 0.815. The van der Waals surface area contributed by atoms with Crippen molar-refractivity contribution in [3.63, 3.8) is 0 Å². The standard InChI is InChI=1S/C16H13Cl2FN2O/c17-12-7-11(8-13(18)14(12)20)21-15(22)16(5-6-16)9-1-3-10(19)4-2-9/h1-4,7-8H,5-6,20H2,(H,21,22). The van der Waals surface area contributed by atoms with Crippen molar-refractivity contribution in [3.05, 3.63) is 57.8 Å². The van der Waals surface area contributed by atoms with E-state index < -0.39 is 5.41 Å². The second kappa shape index (κ2) is 5.45. The minimum Gasteiger partial charge on any atom is -0.396 e. The molecule has 0 aromatic heterocycles. The molecule has 3 N–H and O–H groups in total. The third kappa shape index (κ3) is 2.64. The monoisotopic (exact) mass is 338 g/mol. The van der Waals surface area contributed by atoms with Gasteiger partial charge in [0.2, 0.25) is 5.91 Å². The molecule has 2 aromatic carbocycles. The molecule has 6 heteroatoms. The number of hydrogen-bond donors (Lipinski definition) is 2. The fraction of sp³-hybridized carbons (Fsp3) is 0.188. The van der Waals surface area contributed by atoms with E-state index >= 15 is 0 Å². The Labute approximate surface area is 137 Å². The highest BCUT2D eigenvalue weighted by molar-refractivity contribution is 6.39. The molecule has 2 aromatic rings. The van der Waals surface area contributed by atoms with Crippen LogP contribution >= 0.6 is 23.2 Å². The van der Waals surface area contributed by atoms with E-state index in [-0.39, 0.29) is 27.5 Å². The molecule has 1 amide bonds. The van der Waals surface area contributed by atoms with Crippen molar-refractivity contribution < 1.29 is 9.18 Å². The summed E-state index contributed by atoms with van der Waals surface area (Å²) in [6, 6.07) is 9.12. The fourth-order valence-corrected chi connectivity index (χ4v) is 2.94. The predicted molar refractivity (Wildman–Crippen MR) is 86.8 cm³/mol. The molecule has 1 aliphatic rings. The summed E-state index contributed by atoms with van der Waals surface area (Å²) in [6.07, 6.45) is 1.45. The van der Waals surface area contributed by atoms with E-state index in [0.29, 0.717) is 5.69 Å². The summed E-state index contributed by atoms with van der Waals surface area (Å²) in [6.45, 7) is 0. The van der Waals surface area contributed by atoms with E-state index in [1.54, 1.807) is 24.3 Å². The highest BCUT2D eigenvalue weighted by atomic mass is 35.5. The van der Waals surface area contributed by atoms with E-state index in [4.69, 9.17) is 28.9 Å². The largest absolute Gasteiger partial charge is 0.396 e. The molecule has 3 rings (SSSR count). The van der Waals surface area contributed by atoms with Gasteiger partial charge in [0, 0.05) is 5.69 Å². The number of carbonyl (C=O) groups excluding carboxylic acids is 1. The molecule has 114 valence electrons. The maximum absolute atomic E-state index is 13.0. The minimum absolute atomic E-state index is 0.156.